The first kappa shape index (κ1) is 13.5. The van der Waals surface area contributed by atoms with Crippen molar-refractivity contribution >= 4 is 17.3 Å². The lowest BCUT2D eigenvalue weighted by Gasteiger charge is -2.22. The van der Waals surface area contributed by atoms with Crippen molar-refractivity contribution in [3.8, 4) is 0 Å². The van der Waals surface area contributed by atoms with Crippen LogP contribution in [0.25, 0.3) is 0 Å². The molecular formula is C13H16N2O4. The van der Waals surface area contributed by atoms with Crippen LogP contribution >= 0.6 is 0 Å². The summed E-state index contributed by atoms with van der Waals surface area (Å²) in [6.07, 6.45) is 2.30. The van der Waals surface area contributed by atoms with Gasteiger partial charge in [0.1, 0.15) is 0 Å². The van der Waals surface area contributed by atoms with Gasteiger partial charge in [-0.2, -0.15) is 0 Å². The number of rotatable bonds is 4. The maximum atomic E-state index is 12.0. The number of benzene rings is 1. The first-order chi connectivity index (χ1) is 9.13. The van der Waals surface area contributed by atoms with Crippen LogP contribution in [0, 0.1) is 10.1 Å². The van der Waals surface area contributed by atoms with Crippen molar-refractivity contribution in [3.05, 3.63) is 33.9 Å². The zero-order chi connectivity index (χ0) is 13.8. The minimum Gasteiger partial charge on any atom is -0.396 e. The molecule has 0 aromatic heterocycles. The third-order valence-corrected chi connectivity index (χ3v) is 3.24. The van der Waals surface area contributed by atoms with E-state index in [4.69, 9.17) is 5.11 Å². The van der Waals surface area contributed by atoms with E-state index in [1.165, 1.54) is 6.07 Å². The summed E-state index contributed by atoms with van der Waals surface area (Å²) in [5, 5.41) is 19.7. The number of nitro groups is 1. The van der Waals surface area contributed by atoms with E-state index in [0.29, 0.717) is 32.2 Å². The third kappa shape index (κ3) is 2.90. The van der Waals surface area contributed by atoms with Gasteiger partial charge in [0.15, 0.2) is 0 Å². The van der Waals surface area contributed by atoms with E-state index in [0.717, 1.165) is 11.3 Å². The van der Waals surface area contributed by atoms with Gasteiger partial charge in [0.2, 0.25) is 5.91 Å². The summed E-state index contributed by atoms with van der Waals surface area (Å²) in [5.41, 5.74) is 1.62. The van der Waals surface area contributed by atoms with E-state index >= 15 is 0 Å². The zero-order valence-electron chi connectivity index (χ0n) is 10.5. The number of aliphatic hydroxyl groups is 1. The fourth-order valence-electron chi connectivity index (χ4n) is 2.32. The van der Waals surface area contributed by atoms with Crippen LogP contribution in [0.15, 0.2) is 18.2 Å². The molecule has 1 aromatic carbocycles. The number of non-ortho nitro benzene ring substituents is 1. The minimum atomic E-state index is -0.426. The van der Waals surface area contributed by atoms with Gasteiger partial charge in [-0.3, -0.25) is 14.9 Å². The number of nitro benzene ring substituents is 1. The summed E-state index contributed by atoms with van der Waals surface area (Å²) in [4.78, 5) is 24.0. The Bertz CT molecular complexity index is 501. The molecule has 19 heavy (non-hydrogen) atoms. The van der Waals surface area contributed by atoms with E-state index in [1.807, 2.05) is 0 Å². The molecular weight excluding hydrogens is 248 g/mol. The zero-order valence-corrected chi connectivity index (χ0v) is 10.5. The molecule has 1 aromatic rings. The molecule has 0 unspecified atom stereocenters. The lowest BCUT2D eigenvalue weighted by Crippen LogP contribution is -2.31. The van der Waals surface area contributed by atoms with Crippen molar-refractivity contribution in [3.63, 3.8) is 0 Å². The molecule has 0 radical (unpaired) electrons. The summed E-state index contributed by atoms with van der Waals surface area (Å²) in [5.74, 6) is 0.0149. The highest BCUT2D eigenvalue weighted by Gasteiger charge is 2.23. The second kappa shape index (κ2) is 5.79. The Morgan fingerprint density at radius 1 is 1.37 bits per heavy atom. The number of aryl methyl sites for hydroxylation is 1. The molecule has 0 atom stereocenters. The molecule has 0 fully saturated rings. The fraction of sp³-hybridized carbons (Fsp3) is 0.462. The highest BCUT2D eigenvalue weighted by atomic mass is 16.6. The van der Waals surface area contributed by atoms with Crippen LogP contribution in [-0.4, -0.2) is 29.1 Å². The summed E-state index contributed by atoms with van der Waals surface area (Å²) in [7, 11) is 0. The van der Waals surface area contributed by atoms with Crippen molar-refractivity contribution < 1.29 is 14.8 Å². The van der Waals surface area contributed by atoms with E-state index in [-0.39, 0.29) is 18.2 Å². The molecule has 0 saturated carbocycles. The molecule has 102 valence electrons. The van der Waals surface area contributed by atoms with Crippen molar-refractivity contribution in [2.45, 2.75) is 25.7 Å². The van der Waals surface area contributed by atoms with E-state index in [1.54, 1.807) is 17.0 Å². The van der Waals surface area contributed by atoms with Crippen LogP contribution in [0.2, 0.25) is 0 Å². The summed E-state index contributed by atoms with van der Waals surface area (Å²) in [6.45, 7) is 0.465. The lowest BCUT2D eigenvalue weighted by molar-refractivity contribution is -0.384. The smallest absolute Gasteiger partial charge is 0.269 e. The Balaban J connectivity index is 2.37. The van der Waals surface area contributed by atoms with Gasteiger partial charge in [-0.15, -0.1) is 0 Å². The van der Waals surface area contributed by atoms with Crippen LogP contribution in [-0.2, 0) is 11.2 Å². The quantitative estimate of drug-likeness (QED) is 0.662. The van der Waals surface area contributed by atoms with Crippen molar-refractivity contribution in [2.75, 3.05) is 18.1 Å². The molecule has 0 saturated heterocycles. The van der Waals surface area contributed by atoms with Crippen molar-refractivity contribution in [2.24, 2.45) is 0 Å². The highest BCUT2D eigenvalue weighted by molar-refractivity contribution is 5.95. The Morgan fingerprint density at radius 3 is 2.84 bits per heavy atom. The molecule has 1 N–H and O–H groups in total. The van der Waals surface area contributed by atoms with Crippen LogP contribution in [0.5, 0.6) is 0 Å². The molecule has 0 aliphatic carbocycles. The van der Waals surface area contributed by atoms with Crippen molar-refractivity contribution in [1.82, 2.24) is 0 Å². The molecule has 1 aliphatic rings. The maximum Gasteiger partial charge on any atom is 0.269 e. The monoisotopic (exact) mass is 264 g/mol. The predicted octanol–water partition coefficient (Wildman–Crippen LogP) is 1.65. The second-order valence-electron chi connectivity index (χ2n) is 4.55. The van der Waals surface area contributed by atoms with Crippen LogP contribution < -0.4 is 4.90 Å². The molecule has 0 bridgehead atoms. The molecule has 1 heterocycles. The number of carbonyl (C=O) groups is 1. The first-order valence-electron chi connectivity index (χ1n) is 6.32. The Kier molecular flexibility index (Phi) is 4.11. The third-order valence-electron chi connectivity index (χ3n) is 3.24. The van der Waals surface area contributed by atoms with Gasteiger partial charge in [-0.05, 0) is 30.9 Å². The molecule has 2 rings (SSSR count). The SMILES string of the molecule is O=C1CCCc2cc([N+](=O)[O-])ccc2N1CCCO. The molecule has 0 spiro atoms. The average molecular weight is 264 g/mol. The molecule has 6 nitrogen and oxygen atoms in total. The number of anilines is 1. The highest BCUT2D eigenvalue weighted by Crippen LogP contribution is 2.30. The number of hydrogen-bond donors (Lipinski definition) is 1. The Hall–Kier alpha value is -1.95. The van der Waals surface area contributed by atoms with E-state index < -0.39 is 4.92 Å². The lowest BCUT2D eigenvalue weighted by atomic mass is 10.1. The topological polar surface area (TPSA) is 83.7 Å². The van der Waals surface area contributed by atoms with Gasteiger partial charge in [0, 0.05) is 37.4 Å². The number of hydrogen-bond acceptors (Lipinski definition) is 4. The number of aliphatic hydroxyl groups excluding tert-OH is 1. The van der Waals surface area contributed by atoms with E-state index in [2.05, 4.69) is 0 Å². The maximum absolute atomic E-state index is 12.0. The summed E-state index contributed by atoms with van der Waals surface area (Å²) >= 11 is 0. The number of amides is 1. The molecule has 1 amide bonds. The van der Waals surface area contributed by atoms with Crippen molar-refractivity contribution in [1.29, 1.82) is 0 Å². The molecule has 6 heteroatoms. The number of carbonyl (C=O) groups excluding carboxylic acids is 1. The van der Waals surface area contributed by atoms with Gasteiger partial charge < -0.3 is 10.0 Å². The Morgan fingerprint density at radius 2 is 2.16 bits per heavy atom. The summed E-state index contributed by atoms with van der Waals surface area (Å²) in [6, 6.07) is 4.59. The minimum absolute atomic E-state index is 0.0149. The van der Waals surface area contributed by atoms with Gasteiger partial charge in [0.05, 0.1) is 4.92 Å². The normalized spacial score (nSPS) is 15.0. The molecule has 1 aliphatic heterocycles. The van der Waals surface area contributed by atoms with Crippen LogP contribution in [0.4, 0.5) is 11.4 Å². The fourth-order valence-corrected chi connectivity index (χ4v) is 2.32. The predicted molar refractivity (Wildman–Crippen MR) is 70.1 cm³/mol. The second-order valence-corrected chi connectivity index (χ2v) is 4.55. The van der Waals surface area contributed by atoms with Crippen LogP contribution in [0.1, 0.15) is 24.8 Å². The summed E-state index contributed by atoms with van der Waals surface area (Å²) < 4.78 is 0. The van der Waals surface area contributed by atoms with Gasteiger partial charge >= 0.3 is 0 Å². The number of fused-ring (bicyclic) bond motifs is 1. The standard InChI is InChI=1S/C13H16N2O4/c16-8-2-7-14-12-6-5-11(15(18)19)9-10(12)3-1-4-13(14)17/h5-6,9,16H,1-4,7-8H2. The van der Waals surface area contributed by atoms with Gasteiger partial charge in [-0.1, -0.05) is 0 Å². The first-order valence-corrected chi connectivity index (χ1v) is 6.32. The van der Waals surface area contributed by atoms with Crippen LogP contribution in [0.3, 0.4) is 0 Å². The van der Waals surface area contributed by atoms with Gasteiger partial charge in [0.25, 0.3) is 5.69 Å². The van der Waals surface area contributed by atoms with Gasteiger partial charge in [-0.25, -0.2) is 0 Å². The van der Waals surface area contributed by atoms with E-state index in [9.17, 15) is 14.9 Å². The largest absolute Gasteiger partial charge is 0.396 e. The number of nitrogens with zero attached hydrogens (tertiary/aromatic N) is 2. The average Bonchev–Trinajstić information content (AvgIpc) is 2.54. The Labute approximate surface area is 110 Å².